The Kier molecular flexibility index (Phi) is 9.74. The number of aryl methyl sites for hydroxylation is 1. The number of carbonyl (C=O) groups excluding carboxylic acids is 1. The molecule has 1 unspecified atom stereocenters. The Labute approximate surface area is 245 Å². The molecule has 1 aromatic heterocycles. The maximum atomic E-state index is 13.4. The lowest BCUT2D eigenvalue weighted by Gasteiger charge is -2.37. The van der Waals surface area contributed by atoms with Crippen molar-refractivity contribution in [2.45, 2.75) is 65.5 Å². The van der Waals surface area contributed by atoms with Gasteiger partial charge in [0.05, 0.1) is 17.8 Å². The van der Waals surface area contributed by atoms with Gasteiger partial charge in [-0.1, -0.05) is 24.8 Å². The zero-order chi connectivity index (χ0) is 31.5. The SMILES string of the molecule is C=C1C(N(CCC(F)(F)F)C(=O)OC(C)(C)C)=CC(c2ccncc2)=CN1/C(=C\C)c1ccc(C(C)(O)OC)c(C)c1. The van der Waals surface area contributed by atoms with Gasteiger partial charge in [0.2, 0.25) is 0 Å². The van der Waals surface area contributed by atoms with Gasteiger partial charge in [0, 0.05) is 49.1 Å². The Bertz CT molecular complexity index is 1400. The van der Waals surface area contributed by atoms with Gasteiger partial charge in [0.1, 0.15) is 5.60 Å². The molecule has 10 heteroatoms. The van der Waals surface area contributed by atoms with Gasteiger partial charge in [-0.2, -0.15) is 13.2 Å². The fourth-order valence-electron chi connectivity index (χ4n) is 4.52. The minimum absolute atomic E-state index is 0.165. The number of hydrogen-bond acceptors (Lipinski definition) is 6. The minimum atomic E-state index is -4.50. The Morgan fingerprint density at radius 1 is 1.14 bits per heavy atom. The van der Waals surface area contributed by atoms with Crippen molar-refractivity contribution in [1.29, 1.82) is 0 Å². The molecule has 1 aliphatic rings. The van der Waals surface area contributed by atoms with E-state index in [0.29, 0.717) is 16.8 Å². The number of aromatic nitrogens is 1. The molecule has 1 aliphatic heterocycles. The van der Waals surface area contributed by atoms with Crippen LogP contribution >= 0.6 is 0 Å². The predicted molar refractivity (Wildman–Crippen MR) is 156 cm³/mol. The molecule has 7 nitrogen and oxygen atoms in total. The van der Waals surface area contributed by atoms with Gasteiger partial charge in [-0.3, -0.25) is 9.88 Å². The van der Waals surface area contributed by atoms with Crippen LogP contribution in [0.5, 0.6) is 0 Å². The Morgan fingerprint density at radius 2 is 1.79 bits per heavy atom. The highest BCUT2D eigenvalue weighted by Crippen LogP contribution is 2.38. The van der Waals surface area contributed by atoms with Crippen molar-refractivity contribution in [3.05, 3.63) is 101 Å². The second kappa shape index (κ2) is 12.5. The van der Waals surface area contributed by atoms with Gasteiger partial charge in [0.25, 0.3) is 0 Å². The van der Waals surface area contributed by atoms with Crippen LogP contribution in [-0.2, 0) is 15.3 Å². The summed E-state index contributed by atoms with van der Waals surface area (Å²) in [6, 6.07) is 8.97. The predicted octanol–water partition coefficient (Wildman–Crippen LogP) is 7.51. The summed E-state index contributed by atoms with van der Waals surface area (Å²) in [4.78, 5) is 20.1. The second-order valence-corrected chi connectivity index (χ2v) is 11.1. The number of halogens is 3. The number of nitrogens with zero attached hydrogens (tertiary/aromatic N) is 3. The highest BCUT2D eigenvalue weighted by Gasteiger charge is 2.35. The van der Waals surface area contributed by atoms with Crippen LogP contribution in [0.15, 0.2) is 79.1 Å². The number of rotatable bonds is 8. The molecule has 3 rings (SSSR count). The molecule has 1 aromatic carbocycles. The van der Waals surface area contributed by atoms with E-state index >= 15 is 0 Å². The summed E-state index contributed by atoms with van der Waals surface area (Å²) in [6.45, 7) is 13.7. The lowest BCUT2D eigenvalue weighted by atomic mass is 9.96. The lowest BCUT2D eigenvalue weighted by Crippen LogP contribution is -2.40. The van der Waals surface area contributed by atoms with E-state index in [1.165, 1.54) is 7.11 Å². The van der Waals surface area contributed by atoms with Crippen LogP contribution in [0, 0.1) is 6.92 Å². The number of pyridine rings is 1. The van der Waals surface area contributed by atoms with E-state index in [0.717, 1.165) is 21.6 Å². The normalized spacial score (nSPS) is 16.0. The molecule has 1 N–H and O–H groups in total. The van der Waals surface area contributed by atoms with Crippen molar-refractivity contribution in [2.75, 3.05) is 13.7 Å². The molecular formula is C32H38F3N3O4. The first-order valence-corrected chi connectivity index (χ1v) is 13.4. The van der Waals surface area contributed by atoms with Crippen LogP contribution in [0.2, 0.25) is 0 Å². The molecule has 226 valence electrons. The van der Waals surface area contributed by atoms with E-state index in [-0.39, 0.29) is 11.4 Å². The largest absolute Gasteiger partial charge is 0.443 e. The average molecular weight is 586 g/mol. The van der Waals surface area contributed by atoms with Crippen LogP contribution in [0.3, 0.4) is 0 Å². The van der Waals surface area contributed by atoms with Crippen molar-refractivity contribution in [1.82, 2.24) is 14.8 Å². The number of aliphatic hydroxyl groups is 1. The van der Waals surface area contributed by atoms with E-state index in [9.17, 15) is 23.1 Å². The summed E-state index contributed by atoms with van der Waals surface area (Å²) < 4.78 is 51.0. The topological polar surface area (TPSA) is 75.1 Å². The Morgan fingerprint density at radius 3 is 2.31 bits per heavy atom. The number of allylic oxidation sites excluding steroid dienone is 3. The number of alkyl halides is 3. The first kappa shape index (κ1) is 32.6. The molecular weight excluding hydrogens is 547 g/mol. The van der Waals surface area contributed by atoms with Crippen LogP contribution in [-0.4, -0.2) is 51.4 Å². The molecule has 0 radical (unpaired) electrons. The molecule has 2 aromatic rings. The lowest BCUT2D eigenvalue weighted by molar-refractivity contribution is -0.179. The fraction of sp³-hybridized carbons (Fsp3) is 0.375. The summed E-state index contributed by atoms with van der Waals surface area (Å²) in [5.74, 6) is -1.50. The van der Waals surface area contributed by atoms with E-state index in [1.54, 1.807) is 69.3 Å². The van der Waals surface area contributed by atoms with Crippen molar-refractivity contribution < 1.29 is 32.5 Å². The quantitative estimate of drug-likeness (QED) is 0.323. The third kappa shape index (κ3) is 7.89. The third-order valence-electron chi connectivity index (χ3n) is 6.64. The monoisotopic (exact) mass is 585 g/mol. The van der Waals surface area contributed by atoms with E-state index in [2.05, 4.69) is 11.6 Å². The van der Waals surface area contributed by atoms with Crippen LogP contribution in [0.4, 0.5) is 18.0 Å². The summed E-state index contributed by atoms with van der Waals surface area (Å²) in [7, 11) is 1.41. The highest BCUT2D eigenvalue weighted by molar-refractivity contribution is 5.83. The van der Waals surface area contributed by atoms with Gasteiger partial charge < -0.3 is 19.5 Å². The first-order valence-electron chi connectivity index (χ1n) is 13.4. The van der Waals surface area contributed by atoms with Crippen LogP contribution in [0.1, 0.15) is 63.3 Å². The van der Waals surface area contributed by atoms with E-state index in [4.69, 9.17) is 9.47 Å². The van der Waals surface area contributed by atoms with Crippen molar-refractivity contribution in [3.63, 3.8) is 0 Å². The van der Waals surface area contributed by atoms with Gasteiger partial charge in [-0.05, 0) is 82.5 Å². The molecule has 2 heterocycles. The van der Waals surface area contributed by atoms with Crippen LogP contribution in [0.25, 0.3) is 11.3 Å². The van der Waals surface area contributed by atoms with Gasteiger partial charge >= 0.3 is 12.3 Å². The average Bonchev–Trinajstić information content (AvgIpc) is 2.89. The van der Waals surface area contributed by atoms with Crippen LogP contribution < -0.4 is 0 Å². The molecule has 1 amide bonds. The molecule has 0 saturated heterocycles. The summed E-state index contributed by atoms with van der Waals surface area (Å²) in [5.41, 5.74) is 3.60. The summed E-state index contributed by atoms with van der Waals surface area (Å²) in [5, 5.41) is 10.6. The number of hydrogen-bond donors (Lipinski definition) is 1. The summed E-state index contributed by atoms with van der Waals surface area (Å²) >= 11 is 0. The second-order valence-electron chi connectivity index (χ2n) is 11.1. The number of benzene rings is 1. The zero-order valence-corrected chi connectivity index (χ0v) is 25.0. The maximum Gasteiger partial charge on any atom is 0.414 e. The maximum absolute atomic E-state index is 13.4. The standard InChI is InChI=1S/C32H38F3N3O4/c1-9-27(24-10-11-26(21(2)18-24)31(7,40)41-8)38-20-25(23-12-15-36-16-13-23)19-28(22(38)3)37(17-14-32(33,34)35)29(39)42-30(4,5)6/h9-13,15-16,18-20,40H,3,14,17H2,1-2,4-8H3/b27-9-. The number of amides is 1. The molecule has 0 spiro atoms. The number of carbonyl (C=O) groups is 1. The third-order valence-corrected chi connectivity index (χ3v) is 6.64. The van der Waals surface area contributed by atoms with Crippen molar-refractivity contribution >= 4 is 17.4 Å². The zero-order valence-electron chi connectivity index (χ0n) is 25.0. The van der Waals surface area contributed by atoms with Gasteiger partial charge in [-0.15, -0.1) is 0 Å². The fourth-order valence-corrected chi connectivity index (χ4v) is 4.52. The Balaban J connectivity index is 2.16. The highest BCUT2D eigenvalue weighted by atomic mass is 19.4. The number of ether oxygens (including phenoxy) is 2. The number of methoxy groups -OCH3 is 1. The molecule has 0 saturated carbocycles. The smallest absolute Gasteiger partial charge is 0.414 e. The van der Waals surface area contributed by atoms with E-state index in [1.807, 2.05) is 38.3 Å². The molecule has 42 heavy (non-hydrogen) atoms. The Hall–Kier alpha value is -3.89. The van der Waals surface area contributed by atoms with E-state index < -0.39 is 36.6 Å². The molecule has 1 atom stereocenters. The van der Waals surface area contributed by atoms with Crippen molar-refractivity contribution in [2.24, 2.45) is 0 Å². The molecule has 0 bridgehead atoms. The van der Waals surface area contributed by atoms with Gasteiger partial charge in [0.15, 0.2) is 5.79 Å². The molecule has 0 aliphatic carbocycles. The van der Waals surface area contributed by atoms with Crippen molar-refractivity contribution in [3.8, 4) is 0 Å². The molecule has 0 fully saturated rings. The first-order chi connectivity index (χ1) is 19.5. The van der Waals surface area contributed by atoms with Gasteiger partial charge in [-0.25, -0.2) is 4.79 Å². The summed E-state index contributed by atoms with van der Waals surface area (Å²) in [6.07, 6.45) is 1.83. The minimum Gasteiger partial charge on any atom is -0.443 e.